The van der Waals surface area contributed by atoms with Gasteiger partial charge in [-0.15, -0.1) is 0 Å². The van der Waals surface area contributed by atoms with E-state index in [-0.39, 0.29) is 11.9 Å². The van der Waals surface area contributed by atoms with Crippen molar-refractivity contribution in [3.63, 3.8) is 0 Å². The zero-order valence-corrected chi connectivity index (χ0v) is 9.71. The number of nitrogens with two attached hydrogens (primary N) is 1. The maximum Gasteiger partial charge on any atom is 0.210 e. The molecular formula is C11H17FN4. The molecule has 0 aromatic heterocycles. The smallest absolute Gasteiger partial charge is 0.210 e. The first-order chi connectivity index (χ1) is 7.52. The number of hydrazine groups is 1. The maximum absolute atomic E-state index is 12.9. The van der Waals surface area contributed by atoms with Crippen molar-refractivity contribution >= 4 is 11.6 Å². The maximum atomic E-state index is 12.9. The quantitative estimate of drug-likeness (QED) is 0.310. The van der Waals surface area contributed by atoms with E-state index < -0.39 is 0 Å². The number of nitrogens with zero attached hydrogens (tertiary/aromatic N) is 1. The Hall–Kier alpha value is -1.62. The first-order valence-electron chi connectivity index (χ1n) is 5.10. The molecule has 0 saturated heterocycles. The number of aryl methyl sites for hydroxylation is 1. The molecule has 0 unspecified atom stereocenters. The van der Waals surface area contributed by atoms with Gasteiger partial charge in [0.2, 0.25) is 5.96 Å². The van der Waals surface area contributed by atoms with Crippen LogP contribution in [0.5, 0.6) is 0 Å². The lowest BCUT2D eigenvalue weighted by Gasteiger charge is -2.12. The molecule has 1 aromatic carbocycles. The normalized spacial score (nSPS) is 11.8. The Bertz CT molecular complexity index is 388. The summed E-state index contributed by atoms with van der Waals surface area (Å²) in [7, 11) is 0. The third kappa shape index (κ3) is 3.51. The molecule has 1 rings (SSSR count). The van der Waals surface area contributed by atoms with Crippen molar-refractivity contribution in [3.8, 4) is 0 Å². The van der Waals surface area contributed by atoms with Gasteiger partial charge < -0.3 is 5.32 Å². The number of guanidine groups is 1. The summed E-state index contributed by atoms with van der Waals surface area (Å²) < 4.78 is 12.9. The van der Waals surface area contributed by atoms with Crippen molar-refractivity contribution in [1.29, 1.82) is 0 Å². The lowest BCUT2D eigenvalue weighted by Crippen LogP contribution is -2.37. The summed E-state index contributed by atoms with van der Waals surface area (Å²) >= 11 is 0. The number of hydrogen-bond donors (Lipinski definition) is 3. The van der Waals surface area contributed by atoms with Gasteiger partial charge in [-0.25, -0.2) is 15.2 Å². The van der Waals surface area contributed by atoms with Gasteiger partial charge in [0.1, 0.15) is 5.82 Å². The molecule has 16 heavy (non-hydrogen) atoms. The molecule has 4 nitrogen and oxygen atoms in total. The fourth-order valence-electron chi connectivity index (χ4n) is 1.26. The predicted octanol–water partition coefficient (Wildman–Crippen LogP) is 1.77. The minimum Gasteiger partial charge on any atom is -0.325 e. The van der Waals surface area contributed by atoms with Gasteiger partial charge in [0.05, 0.1) is 0 Å². The van der Waals surface area contributed by atoms with Gasteiger partial charge in [-0.3, -0.25) is 5.43 Å². The van der Waals surface area contributed by atoms with Crippen LogP contribution in [0, 0.1) is 12.7 Å². The Kier molecular flexibility index (Phi) is 4.25. The molecule has 0 radical (unpaired) electrons. The van der Waals surface area contributed by atoms with Crippen LogP contribution in [0.4, 0.5) is 10.1 Å². The van der Waals surface area contributed by atoms with E-state index in [2.05, 4.69) is 15.7 Å². The Balaban J connectivity index is 2.86. The van der Waals surface area contributed by atoms with Gasteiger partial charge in [-0.1, -0.05) is 0 Å². The van der Waals surface area contributed by atoms with E-state index in [1.54, 1.807) is 6.07 Å². The Labute approximate surface area is 94.7 Å². The third-order valence-electron chi connectivity index (χ3n) is 1.97. The fourth-order valence-corrected chi connectivity index (χ4v) is 1.26. The molecule has 0 bridgehead atoms. The van der Waals surface area contributed by atoms with Gasteiger partial charge in [-0.2, -0.15) is 0 Å². The van der Waals surface area contributed by atoms with E-state index in [9.17, 15) is 4.39 Å². The highest BCUT2D eigenvalue weighted by Gasteiger charge is 2.03. The molecule has 0 aliphatic heterocycles. The number of anilines is 1. The van der Waals surface area contributed by atoms with Gasteiger partial charge in [0.15, 0.2) is 0 Å². The summed E-state index contributed by atoms with van der Waals surface area (Å²) in [6.45, 7) is 5.70. The molecule has 5 heteroatoms. The molecule has 0 saturated carbocycles. The Morgan fingerprint density at radius 2 is 2.12 bits per heavy atom. The Morgan fingerprint density at radius 1 is 1.44 bits per heavy atom. The highest BCUT2D eigenvalue weighted by molar-refractivity contribution is 5.93. The van der Waals surface area contributed by atoms with Crippen molar-refractivity contribution in [3.05, 3.63) is 29.6 Å². The molecule has 0 aliphatic carbocycles. The van der Waals surface area contributed by atoms with E-state index in [0.717, 1.165) is 11.3 Å². The monoisotopic (exact) mass is 224 g/mol. The van der Waals surface area contributed by atoms with E-state index in [1.165, 1.54) is 12.1 Å². The first kappa shape index (κ1) is 12.4. The average molecular weight is 224 g/mol. The van der Waals surface area contributed by atoms with E-state index >= 15 is 0 Å². The summed E-state index contributed by atoms with van der Waals surface area (Å²) in [6.07, 6.45) is 0. The highest BCUT2D eigenvalue weighted by Crippen LogP contribution is 2.15. The number of benzene rings is 1. The van der Waals surface area contributed by atoms with Crippen LogP contribution in [0.25, 0.3) is 0 Å². The summed E-state index contributed by atoms with van der Waals surface area (Å²) in [6, 6.07) is 4.61. The van der Waals surface area contributed by atoms with Crippen molar-refractivity contribution in [2.24, 2.45) is 10.8 Å². The number of nitrogens with one attached hydrogen (secondary N) is 2. The molecule has 0 fully saturated rings. The standard InChI is InChI=1S/C11H17FN4/c1-7(2)14-11(16-13)15-10-5-4-9(12)6-8(10)3/h4-7H,13H2,1-3H3,(H2,14,15,16). The second-order valence-corrected chi connectivity index (χ2v) is 3.80. The van der Waals surface area contributed by atoms with Crippen molar-refractivity contribution in [2.45, 2.75) is 26.8 Å². The van der Waals surface area contributed by atoms with Crippen molar-refractivity contribution in [2.75, 3.05) is 5.32 Å². The van der Waals surface area contributed by atoms with Gasteiger partial charge in [0, 0.05) is 11.7 Å². The van der Waals surface area contributed by atoms with Crippen LogP contribution in [0.3, 0.4) is 0 Å². The largest absolute Gasteiger partial charge is 0.325 e. The summed E-state index contributed by atoms with van der Waals surface area (Å²) in [4.78, 5) is 4.23. The molecule has 0 spiro atoms. The molecular weight excluding hydrogens is 207 g/mol. The average Bonchev–Trinajstić information content (AvgIpc) is 2.20. The van der Waals surface area contributed by atoms with Gasteiger partial charge >= 0.3 is 0 Å². The number of aliphatic imine (C=N–C) groups is 1. The van der Waals surface area contributed by atoms with Crippen LogP contribution in [-0.4, -0.2) is 12.0 Å². The number of hydrogen-bond acceptors (Lipinski definition) is 2. The van der Waals surface area contributed by atoms with E-state index in [0.29, 0.717) is 5.96 Å². The topological polar surface area (TPSA) is 62.4 Å². The predicted molar refractivity (Wildman–Crippen MR) is 64.7 cm³/mol. The fraction of sp³-hybridized carbons (Fsp3) is 0.364. The molecule has 0 atom stereocenters. The summed E-state index contributed by atoms with van der Waals surface area (Å²) in [5, 5.41) is 3.00. The van der Waals surface area contributed by atoms with Crippen LogP contribution in [-0.2, 0) is 0 Å². The van der Waals surface area contributed by atoms with Crippen LogP contribution in [0.2, 0.25) is 0 Å². The zero-order chi connectivity index (χ0) is 12.1. The minimum absolute atomic E-state index is 0.124. The molecule has 0 aliphatic rings. The zero-order valence-electron chi connectivity index (χ0n) is 9.71. The second-order valence-electron chi connectivity index (χ2n) is 3.80. The van der Waals surface area contributed by atoms with Crippen molar-refractivity contribution in [1.82, 2.24) is 5.43 Å². The van der Waals surface area contributed by atoms with Crippen LogP contribution in [0.15, 0.2) is 23.2 Å². The summed E-state index contributed by atoms with van der Waals surface area (Å²) in [5.41, 5.74) is 4.04. The Morgan fingerprint density at radius 3 is 2.62 bits per heavy atom. The molecule has 1 aromatic rings. The highest BCUT2D eigenvalue weighted by atomic mass is 19.1. The van der Waals surface area contributed by atoms with Crippen LogP contribution < -0.4 is 16.6 Å². The van der Waals surface area contributed by atoms with Crippen molar-refractivity contribution < 1.29 is 4.39 Å². The summed E-state index contributed by atoms with van der Waals surface area (Å²) in [5.74, 6) is 5.54. The van der Waals surface area contributed by atoms with E-state index in [4.69, 9.17) is 5.84 Å². The lowest BCUT2D eigenvalue weighted by atomic mass is 10.2. The van der Waals surface area contributed by atoms with Crippen LogP contribution in [0.1, 0.15) is 19.4 Å². The SMILES string of the molecule is Cc1cc(F)ccc1NC(=NC(C)C)NN. The number of halogens is 1. The third-order valence-corrected chi connectivity index (χ3v) is 1.97. The molecule has 0 amide bonds. The van der Waals surface area contributed by atoms with E-state index in [1.807, 2.05) is 20.8 Å². The van der Waals surface area contributed by atoms with Crippen LogP contribution >= 0.6 is 0 Å². The molecule has 4 N–H and O–H groups in total. The van der Waals surface area contributed by atoms with Gasteiger partial charge in [0.25, 0.3) is 0 Å². The first-order valence-corrected chi connectivity index (χ1v) is 5.10. The number of rotatable bonds is 2. The lowest BCUT2D eigenvalue weighted by molar-refractivity contribution is 0.627. The second kappa shape index (κ2) is 5.46. The minimum atomic E-state index is -0.258. The van der Waals surface area contributed by atoms with Gasteiger partial charge in [-0.05, 0) is 44.5 Å². The molecule has 88 valence electrons. The molecule has 0 heterocycles.